The van der Waals surface area contributed by atoms with Crippen molar-refractivity contribution in [3.8, 4) is 0 Å². The van der Waals surface area contributed by atoms with Crippen LogP contribution in [0.1, 0.15) is 28.4 Å². The van der Waals surface area contributed by atoms with Crippen LogP contribution in [0.5, 0.6) is 0 Å². The second kappa shape index (κ2) is 8.78. The molecule has 182 valence electrons. The number of hydrogen-bond acceptors (Lipinski definition) is 6. The molecule has 0 amide bonds. The molecule has 1 fully saturated rings. The molecule has 1 saturated heterocycles. The van der Waals surface area contributed by atoms with Crippen molar-refractivity contribution in [2.24, 2.45) is 0 Å². The predicted octanol–water partition coefficient (Wildman–Crippen LogP) is 1.85. The molecule has 0 saturated carbocycles. The molecule has 6 nitrogen and oxygen atoms in total. The molecule has 0 unspecified atom stereocenters. The highest BCUT2D eigenvalue weighted by molar-refractivity contribution is 6.98. The number of ether oxygens (including phenoxy) is 1. The SMILES string of the molecule is Cc1ccccc1C1=C2C=CC(=O)C=C2[Si](C)(C)c2cc([C@@H]3O[C@H](CO)[C@@H](O)[C@H](O)[C@H]3O)ccc21. The van der Waals surface area contributed by atoms with Crippen molar-refractivity contribution in [1.82, 2.24) is 0 Å². The summed E-state index contributed by atoms with van der Waals surface area (Å²) in [6.45, 7) is 6.01. The summed E-state index contributed by atoms with van der Waals surface area (Å²) in [7, 11) is -2.35. The second-order valence-corrected chi connectivity index (χ2v) is 14.4. The quantitative estimate of drug-likeness (QED) is 0.489. The number of ketones is 1. The second-order valence-electron chi connectivity index (χ2n) is 10.1. The number of aliphatic hydroxyl groups excluding tert-OH is 4. The third kappa shape index (κ3) is 3.79. The van der Waals surface area contributed by atoms with E-state index in [1.165, 1.54) is 0 Å². The van der Waals surface area contributed by atoms with Crippen molar-refractivity contribution in [1.29, 1.82) is 0 Å². The van der Waals surface area contributed by atoms with Crippen LogP contribution in [0.2, 0.25) is 13.1 Å². The zero-order chi connectivity index (χ0) is 25.1. The van der Waals surface area contributed by atoms with Gasteiger partial charge in [0.2, 0.25) is 0 Å². The normalized spacial score (nSPS) is 29.5. The Morgan fingerprint density at radius 2 is 1.69 bits per heavy atom. The number of aliphatic hydroxyl groups is 4. The van der Waals surface area contributed by atoms with Crippen LogP contribution >= 0.6 is 0 Å². The summed E-state index contributed by atoms with van der Waals surface area (Å²) in [6.07, 6.45) is -0.768. The molecule has 35 heavy (non-hydrogen) atoms. The van der Waals surface area contributed by atoms with Gasteiger partial charge in [-0.15, -0.1) is 0 Å². The van der Waals surface area contributed by atoms with E-state index in [0.29, 0.717) is 5.56 Å². The maximum Gasteiger partial charge on any atom is 0.178 e. The minimum atomic E-state index is -2.35. The van der Waals surface area contributed by atoms with Crippen LogP contribution in [0.4, 0.5) is 0 Å². The smallest absolute Gasteiger partial charge is 0.178 e. The van der Waals surface area contributed by atoms with E-state index in [2.05, 4.69) is 32.2 Å². The molecule has 0 radical (unpaired) electrons. The molecular weight excluding hydrogens is 460 g/mol. The lowest BCUT2D eigenvalue weighted by Crippen LogP contribution is -2.55. The largest absolute Gasteiger partial charge is 0.394 e. The molecule has 0 aromatic heterocycles. The number of benzene rings is 2. The van der Waals surface area contributed by atoms with Crippen LogP contribution < -0.4 is 5.19 Å². The summed E-state index contributed by atoms with van der Waals surface area (Å²) < 4.78 is 5.84. The first-order chi connectivity index (χ1) is 16.6. The number of carbonyl (C=O) groups is 1. The van der Waals surface area contributed by atoms with Gasteiger partial charge in [0.25, 0.3) is 0 Å². The summed E-state index contributed by atoms with van der Waals surface area (Å²) in [5.41, 5.74) is 6.11. The highest BCUT2D eigenvalue weighted by Crippen LogP contribution is 2.43. The lowest BCUT2D eigenvalue weighted by Gasteiger charge is -2.42. The maximum absolute atomic E-state index is 12.4. The van der Waals surface area contributed by atoms with Crippen LogP contribution in [0.15, 0.2) is 71.5 Å². The first-order valence-electron chi connectivity index (χ1n) is 11.9. The summed E-state index contributed by atoms with van der Waals surface area (Å²) in [6, 6.07) is 14.1. The van der Waals surface area contributed by atoms with E-state index in [1.54, 1.807) is 12.2 Å². The molecule has 4 N–H and O–H groups in total. The zero-order valence-electron chi connectivity index (χ0n) is 20.0. The molecule has 2 aromatic carbocycles. The molecule has 5 rings (SSSR count). The van der Waals surface area contributed by atoms with E-state index >= 15 is 0 Å². The topological polar surface area (TPSA) is 107 Å². The van der Waals surface area contributed by atoms with Crippen LogP contribution in [-0.4, -0.2) is 65.3 Å². The molecular formula is C28H30O6Si. The van der Waals surface area contributed by atoms with Gasteiger partial charge in [-0.2, -0.15) is 0 Å². The monoisotopic (exact) mass is 490 g/mol. The van der Waals surface area contributed by atoms with E-state index < -0.39 is 45.2 Å². The Bertz CT molecular complexity index is 1290. The first kappa shape index (κ1) is 24.1. The van der Waals surface area contributed by atoms with Crippen molar-refractivity contribution in [3.63, 3.8) is 0 Å². The van der Waals surface area contributed by atoms with Gasteiger partial charge in [-0.25, -0.2) is 0 Å². The summed E-state index contributed by atoms with van der Waals surface area (Å²) in [5.74, 6) is -0.0259. The Kier molecular flexibility index (Phi) is 6.03. The van der Waals surface area contributed by atoms with E-state index in [-0.39, 0.29) is 5.78 Å². The highest BCUT2D eigenvalue weighted by atomic mass is 28.3. The van der Waals surface area contributed by atoms with Crippen LogP contribution in [0.25, 0.3) is 5.57 Å². The third-order valence-corrected chi connectivity index (χ3v) is 11.1. The number of aryl methyl sites for hydroxylation is 1. The van der Waals surface area contributed by atoms with Crippen LogP contribution in [0, 0.1) is 6.92 Å². The molecule has 2 aromatic rings. The predicted molar refractivity (Wildman–Crippen MR) is 136 cm³/mol. The number of fused-ring (bicyclic) bond motifs is 2. The lowest BCUT2D eigenvalue weighted by molar-refractivity contribution is -0.231. The average Bonchev–Trinajstić information content (AvgIpc) is 2.84. The number of carbonyl (C=O) groups excluding carboxylic acids is 1. The molecule has 5 atom stereocenters. The Morgan fingerprint density at radius 3 is 2.40 bits per heavy atom. The highest BCUT2D eigenvalue weighted by Gasteiger charge is 2.45. The number of rotatable bonds is 3. The van der Waals surface area contributed by atoms with E-state index in [0.717, 1.165) is 38.2 Å². The summed E-state index contributed by atoms with van der Waals surface area (Å²) in [4.78, 5) is 12.4. The van der Waals surface area contributed by atoms with E-state index in [1.807, 2.05) is 36.4 Å². The minimum absolute atomic E-state index is 0.0259. The fraction of sp³-hybridized carbons (Fsp3) is 0.321. The fourth-order valence-corrected chi connectivity index (χ4v) is 8.63. The van der Waals surface area contributed by atoms with Gasteiger partial charge in [0, 0.05) is 0 Å². The van der Waals surface area contributed by atoms with Gasteiger partial charge in [0.05, 0.1) is 6.61 Å². The van der Waals surface area contributed by atoms with Gasteiger partial charge in [0.1, 0.15) is 38.6 Å². The van der Waals surface area contributed by atoms with Crippen LogP contribution in [-0.2, 0) is 9.53 Å². The molecule has 3 aliphatic rings. The average molecular weight is 491 g/mol. The zero-order valence-corrected chi connectivity index (χ0v) is 21.0. The van der Waals surface area contributed by atoms with Crippen molar-refractivity contribution in [2.75, 3.05) is 6.61 Å². The van der Waals surface area contributed by atoms with Gasteiger partial charge >= 0.3 is 0 Å². The molecule has 2 heterocycles. The minimum Gasteiger partial charge on any atom is -0.394 e. The standard InChI is InChI=1S/C28H30O6Si/c1-15-6-4-5-7-18(15)24-19-10-8-16(28-27(33)26(32)25(31)21(14-29)34-28)12-22(19)35(2,3)23-13-17(30)9-11-20(23)24/h4-13,21,25-29,31-33H,14H2,1-3H3/t21-,25-,26+,27-,28+/m1/s1. The van der Waals surface area contributed by atoms with Crippen molar-refractivity contribution >= 4 is 24.6 Å². The summed E-state index contributed by atoms with van der Waals surface area (Å²) >= 11 is 0. The number of hydrogen-bond donors (Lipinski definition) is 4. The first-order valence-corrected chi connectivity index (χ1v) is 14.9. The van der Waals surface area contributed by atoms with Crippen molar-refractivity contribution in [2.45, 2.75) is 50.5 Å². The molecule has 1 aliphatic carbocycles. The number of allylic oxidation sites excluding steroid dienone is 5. The fourth-order valence-electron chi connectivity index (χ4n) is 5.54. The van der Waals surface area contributed by atoms with Gasteiger partial charge in [0.15, 0.2) is 5.78 Å². The lowest BCUT2D eigenvalue weighted by atomic mass is 9.86. The van der Waals surface area contributed by atoms with Crippen LogP contribution in [0.3, 0.4) is 0 Å². The Hall–Kier alpha value is -2.65. The van der Waals surface area contributed by atoms with Gasteiger partial charge in [-0.05, 0) is 62.9 Å². The Balaban J connectivity index is 1.71. The molecule has 7 heteroatoms. The van der Waals surface area contributed by atoms with Crippen molar-refractivity contribution in [3.05, 3.63) is 93.7 Å². The Morgan fingerprint density at radius 1 is 0.943 bits per heavy atom. The van der Waals surface area contributed by atoms with Gasteiger partial charge < -0.3 is 25.2 Å². The van der Waals surface area contributed by atoms with Gasteiger partial charge in [-0.1, -0.05) is 61.6 Å². The molecule has 0 bridgehead atoms. The van der Waals surface area contributed by atoms with E-state index in [9.17, 15) is 25.2 Å². The third-order valence-electron chi connectivity index (χ3n) is 7.56. The maximum atomic E-state index is 12.4. The van der Waals surface area contributed by atoms with Crippen molar-refractivity contribution < 1.29 is 30.0 Å². The van der Waals surface area contributed by atoms with E-state index in [4.69, 9.17) is 4.74 Å². The van der Waals surface area contributed by atoms with Gasteiger partial charge in [-0.3, -0.25) is 4.79 Å². The molecule has 0 spiro atoms. The summed E-state index contributed by atoms with van der Waals surface area (Å²) in [5, 5.41) is 43.0. The Labute approximate surface area is 205 Å². The molecule has 2 aliphatic heterocycles.